The second-order valence-electron chi connectivity index (χ2n) is 7.81. The van der Waals surface area contributed by atoms with Crippen molar-refractivity contribution >= 4 is 22.5 Å². The van der Waals surface area contributed by atoms with Crippen LogP contribution in [-0.2, 0) is 6.54 Å². The number of ether oxygens (including phenoxy) is 1. The number of hydrogen-bond donors (Lipinski definition) is 1. The van der Waals surface area contributed by atoms with Gasteiger partial charge in [0.2, 0.25) is 5.88 Å². The SMILES string of the molecule is CCCCCOc1ccccc1Cn1c(O)c(N=NC(=O)c2ccccc2)c2ccccc21. The topological polar surface area (TPSA) is 76.2 Å². The summed E-state index contributed by atoms with van der Waals surface area (Å²) in [5, 5.41) is 19.8. The van der Waals surface area contributed by atoms with Crippen molar-refractivity contribution in [1.29, 1.82) is 0 Å². The molecule has 0 atom stereocenters. The van der Waals surface area contributed by atoms with E-state index in [1.54, 1.807) is 28.8 Å². The maximum Gasteiger partial charge on any atom is 0.295 e. The van der Waals surface area contributed by atoms with Crippen molar-refractivity contribution in [2.45, 2.75) is 32.7 Å². The van der Waals surface area contributed by atoms with Crippen molar-refractivity contribution in [3.63, 3.8) is 0 Å². The van der Waals surface area contributed by atoms with Crippen molar-refractivity contribution in [3.05, 3.63) is 90.0 Å². The van der Waals surface area contributed by atoms with Crippen LogP contribution >= 0.6 is 0 Å². The highest BCUT2D eigenvalue weighted by atomic mass is 16.5. The Balaban J connectivity index is 1.65. The average molecular weight is 442 g/mol. The van der Waals surface area contributed by atoms with Gasteiger partial charge in [0.15, 0.2) is 5.69 Å². The molecule has 1 heterocycles. The molecule has 0 aliphatic heterocycles. The smallest absolute Gasteiger partial charge is 0.295 e. The fourth-order valence-corrected chi connectivity index (χ4v) is 3.74. The summed E-state index contributed by atoms with van der Waals surface area (Å²) in [6.45, 7) is 3.22. The van der Waals surface area contributed by atoms with Gasteiger partial charge in [-0.1, -0.05) is 74.4 Å². The molecule has 0 bridgehead atoms. The predicted octanol–water partition coefficient (Wildman–Crippen LogP) is 6.89. The number of fused-ring (bicyclic) bond motifs is 1. The van der Waals surface area contributed by atoms with Gasteiger partial charge in [-0.15, -0.1) is 10.2 Å². The van der Waals surface area contributed by atoms with Crippen molar-refractivity contribution in [2.24, 2.45) is 10.2 Å². The largest absolute Gasteiger partial charge is 0.493 e. The first kappa shape index (κ1) is 22.3. The summed E-state index contributed by atoms with van der Waals surface area (Å²) in [5.41, 5.74) is 2.47. The van der Waals surface area contributed by atoms with Crippen LogP contribution in [0, 0.1) is 0 Å². The Morgan fingerprint density at radius 1 is 0.939 bits per heavy atom. The number of carbonyl (C=O) groups is 1. The van der Waals surface area contributed by atoms with E-state index >= 15 is 0 Å². The summed E-state index contributed by atoms with van der Waals surface area (Å²) in [7, 11) is 0. The fraction of sp³-hybridized carbons (Fsp3) is 0.222. The Bertz CT molecular complexity index is 1260. The molecule has 0 saturated carbocycles. The first-order valence-corrected chi connectivity index (χ1v) is 11.2. The van der Waals surface area contributed by atoms with Crippen LogP contribution in [0.25, 0.3) is 10.9 Å². The van der Waals surface area contributed by atoms with Crippen molar-refractivity contribution in [2.75, 3.05) is 6.61 Å². The highest BCUT2D eigenvalue weighted by Gasteiger charge is 2.18. The lowest BCUT2D eigenvalue weighted by atomic mass is 10.2. The maximum atomic E-state index is 12.4. The van der Waals surface area contributed by atoms with Crippen molar-refractivity contribution in [3.8, 4) is 11.6 Å². The zero-order valence-corrected chi connectivity index (χ0v) is 18.6. The standard InChI is InChI=1S/C27H27N3O3/c1-2-3-11-18-33-24-17-10-7-14-21(24)19-30-23-16-9-8-15-22(23)25(27(30)32)28-29-26(31)20-12-5-4-6-13-20/h4-10,12-17,32H,2-3,11,18-19H2,1H3. The number of nitrogens with zero attached hydrogens (tertiary/aromatic N) is 3. The number of hydrogen-bond acceptors (Lipinski definition) is 4. The van der Waals surface area contributed by atoms with Crippen LogP contribution < -0.4 is 4.74 Å². The van der Waals surface area contributed by atoms with Gasteiger partial charge in [-0.25, -0.2) is 0 Å². The van der Waals surface area contributed by atoms with Gasteiger partial charge in [0.05, 0.1) is 18.7 Å². The second-order valence-corrected chi connectivity index (χ2v) is 7.81. The third-order valence-corrected chi connectivity index (χ3v) is 5.49. The summed E-state index contributed by atoms with van der Waals surface area (Å²) in [5.74, 6) is 0.299. The Morgan fingerprint density at radius 3 is 2.48 bits per heavy atom. The quantitative estimate of drug-likeness (QED) is 0.227. The van der Waals surface area contributed by atoms with Crippen LogP contribution in [0.4, 0.5) is 5.69 Å². The number of amides is 1. The fourth-order valence-electron chi connectivity index (χ4n) is 3.74. The van der Waals surface area contributed by atoms with Gasteiger partial charge in [0.25, 0.3) is 5.91 Å². The number of rotatable bonds is 9. The normalized spacial score (nSPS) is 11.3. The number of unbranched alkanes of at least 4 members (excludes halogenated alkanes) is 2. The molecule has 0 aliphatic carbocycles. The molecular weight excluding hydrogens is 414 g/mol. The van der Waals surface area contributed by atoms with Crippen LogP contribution in [0.5, 0.6) is 11.6 Å². The van der Waals surface area contributed by atoms with Gasteiger partial charge in [-0.3, -0.25) is 4.79 Å². The first-order valence-electron chi connectivity index (χ1n) is 11.2. The lowest BCUT2D eigenvalue weighted by Crippen LogP contribution is -2.04. The molecule has 0 saturated heterocycles. The highest BCUT2D eigenvalue weighted by molar-refractivity contribution is 5.97. The summed E-state index contributed by atoms with van der Waals surface area (Å²) < 4.78 is 7.79. The van der Waals surface area contributed by atoms with Crippen LogP contribution in [-0.4, -0.2) is 22.2 Å². The monoisotopic (exact) mass is 441 g/mol. The molecule has 0 fully saturated rings. The lowest BCUT2D eigenvalue weighted by molar-refractivity contribution is 0.0995. The highest BCUT2D eigenvalue weighted by Crippen LogP contribution is 2.40. The van der Waals surface area contributed by atoms with Gasteiger partial charge >= 0.3 is 0 Å². The molecule has 6 nitrogen and oxygen atoms in total. The Hall–Kier alpha value is -3.93. The van der Waals surface area contributed by atoms with Gasteiger partial charge in [-0.2, -0.15) is 0 Å². The molecule has 4 rings (SSSR count). The number of aromatic hydroxyl groups is 1. The predicted molar refractivity (Wildman–Crippen MR) is 129 cm³/mol. The van der Waals surface area contributed by atoms with Crippen molar-refractivity contribution < 1.29 is 14.6 Å². The third-order valence-electron chi connectivity index (χ3n) is 5.49. The van der Waals surface area contributed by atoms with E-state index in [1.165, 1.54) is 0 Å². The Kier molecular flexibility index (Phi) is 7.15. The lowest BCUT2D eigenvalue weighted by Gasteiger charge is -2.13. The summed E-state index contributed by atoms with van der Waals surface area (Å²) in [4.78, 5) is 12.4. The molecule has 168 valence electrons. The molecule has 0 unspecified atom stereocenters. The Labute approximate surface area is 193 Å². The number of benzene rings is 3. The van der Waals surface area contributed by atoms with E-state index in [1.807, 2.05) is 54.6 Å². The second kappa shape index (κ2) is 10.6. The molecule has 1 amide bonds. The molecule has 1 aromatic heterocycles. The van der Waals surface area contributed by atoms with Gasteiger partial charge in [-0.05, 0) is 30.7 Å². The third kappa shape index (κ3) is 5.12. The molecule has 0 spiro atoms. The molecular formula is C27H27N3O3. The molecule has 0 aliphatic rings. The van der Waals surface area contributed by atoms with Crippen LogP contribution in [0.1, 0.15) is 42.1 Å². The summed E-state index contributed by atoms with van der Waals surface area (Å²) in [6, 6.07) is 24.1. The van der Waals surface area contributed by atoms with Crippen LogP contribution in [0.2, 0.25) is 0 Å². The summed E-state index contributed by atoms with van der Waals surface area (Å²) in [6.07, 6.45) is 3.27. The molecule has 33 heavy (non-hydrogen) atoms. The summed E-state index contributed by atoms with van der Waals surface area (Å²) >= 11 is 0. The Morgan fingerprint density at radius 2 is 1.67 bits per heavy atom. The van der Waals surface area contributed by atoms with Crippen LogP contribution in [0.3, 0.4) is 0 Å². The zero-order valence-electron chi connectivity index (χ0n) is 18.6. The minimum absolute atomic E-state index is 0.0402. The number of aromatic nitrogens is 1. The average Bonchev–Trinajstić information content (AvgIpc) is 3.12. The van der Waals surface area contributed by atoms with E-state index in [4.69, 9.17) is 4.74 Å². The van der Waals surface area contributed by atoms with Crippen molar-refractivity contribution in [1.82, 2.24) is 4.57 Å². The van der Waals surface area contributed by atoms with E-state index in [9.17, 15) is 9.90 Å². The first-order chi connectivity index (χ1) is 16.2. The van der Waals surface area contributed by atoms with E-state index in [0.29, 0.717) is 18.7 Å². The van der Waals surface area contributed by atoms with E-state index < -0.39 is 5.91 Å². The van der Waals surface area contributed by atoms with E-state index in [-0.39, 0.29) is 11.6 Å². The minimum atomic E-state index is -0.461. The van der Waals surface area contributed by atoms with E-state index in [0.717, 1.165) is 41.5 Å². The molecule has 1 N–H and O–H groups in total. The molecule has 4 aromatic rings. The minimum Gasteiger partial charge on any atom is -0.493 e. The van der Waals surface area contributed by atoms with Gasteiger partial charge < -0.3 is 14.4 Å². The van der Waals surface area contributed by atoms with Gasteiger partial charge in [0, 0.05) is 16.5 Å². The van der Waals surface area contributed by atoms with Gasteiger partial charge in [0.1, 0.15) is 5.75 Å². The molecule has 6 heteroatoms. The van der Waals surface area contributed by atoms with Crippen LogP contribution in [0.15, 0.2) is 89.1 Å². The molecule has 3 aromatic carbocycles. The van der Waals surface area contributed by atoms with E-state index in [2.05, 4.69) is 17.2 Å². The zero-order chi connectivity index (χ0) is 23.0. The molecule has 0 radical (unpaired) electrons. The maximum absolute atomic E-state index is 12.4. The number of carbonyl (C=O) groups excluding carboxylic acids is 1. The number of para-hydroxylation sites is 2. The number of azo groups is 1.